The second-order valence-electron chi connectivity index (χ2n) is 7.45. The number of hydrogen-bond donors (Lipinski definition) is 2. The van der Waals surface area contributed by atoms with E-state index in [2.05, 4.69) is 10.1 Å². The van der Waals surface area contributed by atoms with E-state index in [9.17, 15) is 19.4 Å². The number of benzene rings is 1. The minimum absolute atomic E-state index is 0.0352. The number of carboxylic acids is 1. The number of rotatable bonds is 5. The van der Waals surface area contributed by atoms with Crippen molar-refractivity contribution in [2.45, 2.75) is 45.3 Å². The van der Waals surface area contributed by atoms with Crippen LogP contribution in [0, 0.1) is 16.6 Å². The summed E-state index contributed by atoms with van der Waals surface area (Å²) in [5.74, 6) is -1.36. The second-order valence-corrected chi connectivity index (χ2v) is 7.45. The molecule has 0 bridgehead atoms. The minimum Gasteiger partial charge on any atom is -0.481 e. The molecule has 3 unspecified atom stereocenters. The molecule has 1 heterocycles. The Bertz CT molecular complexity index is 764. The Balaban J connectivity index is 2.01. The van der Waals surface area contributed by atoms with E-state index in [0.29, 0.717) is 19.3 Å². The summed E-state index contributed by atoms with van der Waals surface area (Å²) in [4.78, 5) is 15.9. The van der Waals surface area contributed by atoms with E-state index < -0.39 is 22.4 Å². The quantitative estimate of drug-likeness (QED) is 0.866. The Morgan fingerprint density at radius 3 is 2.52 bits per heavy atom. The normalized spacial score (nSPS) is 32.0. The highest BCUT2D eigenvalue weighted by Crippen LogP contribution is 2.59. The molecule has 25 heavy (non-hydrogen) atoms. The SMILES string of the molecule is CC1(Cc2ccc(F)cc2)CCC(C)(C(=O)O)C1(O)Cn1cncn1. The maximum Gasteiger partial charge on any atom is 0.312 e. The first-order valence-corrected chi connectivity index (χ1v) is 8.23. The van der Waals surface area contributed by atoms with Gasteiger partial charge < -0.3 is 10.2 Å². The van der Waals surface area contributed by atoms with Crippen molar-refractivity contribution in [1.29, 1.82) is 0 Å². The molecule has 0 radical (unpaired) electrons. The van der Waals surface area contributed by atoms with Gasteiger partial charge in [0.25, 0.3) is 0 Å². The van der Waals surface area contributed by atoms with Crippen molar-refractivity contribution in [1.82, 2.24) is 14.8 Å². The third-order valence-corrected chi connectivity index (χ3v) is 5.93. The minimum atomic E-state index is -1.53. The Kier molecular flexibility index (Phi) is 4.15. The van der Waals surface area contributed by atoms with Gasteiger partial charge in [0.1, 0.15) is 24.1 Å². The van der Waals surface area contributed by atoms with Crippen LogP contribution >= 0.6 is 0 Å². The van der Waals surface area contributed by atoms with E-state index in [-0.39, 0.29) is 12.4 Å². The molecule has 0 saturated heterocycles. The summed E-state index contributed by atoms with van der Waals surface area (Å²) in [6.07, 6.45) is 4.16. The number of carbonyl (C=O) groups is 1. The molecule has 0 spiro atoms. The van der Waals surface area contributed by atoms with Gasteiger partial charge in [-0.05, 0) is 43.9 Å². The van der Waals surface area contributed by atoms with Gasteiger partial charge in [-0.15, -0.1) is 0 Å². The van der Waals surface area contributed by atoms with Gasteiger partial charge in [0.2, 0.25) is 0 Å². The van der Waals surface area contributed by atoms with Gasteiger partial charge >= 0.3 is 5.97 Å². The lowest BCUT2D eigenvalue weighted by atomic mass is 9.64. The van der Waals surface area contributed by atoms with Crippen LogP contribution < -0.4 is 0 Å². The monoisotopic (exact) mass is 347 g/mol. The first-order valence-electron chi connectivity index (χ1n) is 8.23. The first kappa shape index (κ1) is 17.5. The van der Waals surface area contributed by atoms with Crippen LogP contribution in [-0.4, -0.2) is 36.5 Å². The van der Waals surface area contributed by atoms with Crippen molar-refractivity contribution in [3.63, 3.8) is 0 Å². The molecule has 7 heteroatoms. The fourth-order valence-electron chi connectivity index (χ4n) is 4.09. The summed E-state index contributed by atoms with van der Waals surface area (Å²) in [5, 5.41) is 25.5. The standard InChI is InChI=1S/C18H22FN3O3/c1-16(9-13-3-5-14(19)6-4-13)7-8-17(2,15(23)24)18(16,25)10-22-12-20-11-21-22/h3-6,11-12,25H,7-10H2,1-2H3,(H,23,24). The number of aliphatic carboxylic acids is 1. The van der Waals surface area contributed by atoms with Gasteiger partial charge in [-0.2, -0.15) is 5.10 Å². The Morgan fingerprint density at radius 1 is 1.28 bits per heavy atom. The lowest BCUT2D eigenvalue weighted by molar-refractivity contribution is -0.179. The molecule has 2 N–H and O–H groups in total. The Morgan fingerprint density at radius 2 is 1.96 bits per heavy atom. The molecule has 6 nitrogen and oxygen atoms in total. The van der Waals surface area contributed by atoms with Crippen LogP contribution in [0.15, 0.2) is 36.9 Å². The summed E-state index contributed by atoms with van der Waals surface area (Å²) in [7, 11) is 0. The van der Waals surface area contributed by atoms with Crippen LogP contribution in [0.25, 0.3) is 0 Å². The predicted octanol–water partition coefficient (Wildman–Crippen LogP) is 2.28. The zero-order valence-corrected chi connectivity index (χ0v) is 14.3. The predicted molar refractivity (Wildman–Crippen MR) is 88.2 cm³/mol. The number of aliphatic hydroxyl groups is 1. The first-order chi connectivity index (χ1) is 11.7. The van der Waals surface area contributed by atoms with Crippen molar-refractivity contribution in [2.24, 2.45) is 10.8 Å². The number of carboxylic acid groups (broad SMARTS) is 1. The Hall–Kier alpha value is -2.28. The van der Waals surface area contributed by atoms with Crippen LogP contribution in [0.3, 0.4) is 0 Å². The summed E-state index contributed by atoms with van der Waals surface area (Å²) < 4.78 is 14.7. The molecule has 1 fully saturated rings. The second kappa shape index (κ2) is 5.91. The molecule has 0 aliphatic heterocycles. The maximum absolute atomic E-state index is 13.2. The average molecular weight is 347 g/mol. The van der Waals surface area contributed by atoms with Gasteiger partial charge in [-0.3, -0.25) is 9.48 Å². The highest BCUT2D eigenvalue weighted by Gasteiger charge is 2.66. The molecule has 1 aromatic heterocycles. The number of halogens is 1. The lowest BCUT2D eigenvalue weighted by Gasteiger charge is -2.46. The Labute approximate surface area is 145 Å². The molecule has 1 aliphatic rings. The molecule has 3 atom stereocenters. The smallest absolute Gasteiger partial charge is 0.312 e. The highest BCUT2D eigenvalue weighted by molar-refractivity contribution is 5.77. The van der Waals surface area contributed by atoms with Gasteiger partial charge in [0, 0.05) is 5.41 Å². The third kappa shape index (κ3) is 2.72. The van der Waals surface area contributed by atoms with Crippen LogP contribution in [0.2, 0.25) is 0 Å². The lowest BCUT2D eigenvalue weighted by Crippen LogP contribution is -2.58. The third-order valence-electron chi connectivity index (χ3n) is 5.93. The number of aromatic nitrogens is 3. The van der Waals surface area contributed by atoms with E-state index in [1.807, 2.05) is 6.92 Å². The average Bonchev–Trinajstić information content (AvgIpc) is 3.12. The van der Waals surface area contributed by atoms with E-state index in [1.54, 1.807) is 19.1 Å². The van der Waals surface area contributed by atoms with E-state index in [0.717, 1.165) is 5.56 Å². The molecule has 1 saturated carbocycles. The largest absolute Gasteiger partial charge is 0.481 e. The fourth-order valence-corrected chi connectivity index (χ4v) is 4.09. The molecule has 2 aromatic rings. The van der Waals surface area contributed by atoms with E-state index in [4.69, 9.17) is 0 Å². The highest BCUT2D eigenvalue weighted by atomic mass is 19.1. The number of hydrogen-bond acceptors (Lipinski definition) is 4. The molecule has 134 valence electrons. The maximum atomic E-state index is 13.2. The van der Waals surface area contributed by atoms with Crippen molar-refractivity contribution < 1.29 is 19.4 Å². The topological polar surface area (TPSA) is 88.2 Å². The molecule has 1 aromatic carbocycles. The van der Waals surface area contributed by atoms with Gasteiger partial charge in [-0.25, -0.2) is 9.37 Å². The van der Waals surface area contributed by atoms with E-state index in [1.165, 1.54) is 29.5 Å². The van der Waals surface area contributed by atoms with Crippen molar-refractivity contribution in [2.75, 3.05) is 0 Å². The molecule has 1 aliphatic carbocycles. The van der Waals surface area contributed by atoms with Crippen LogP contribution in [-0.2, 0) is 17.8 Å². The summed E-state index contributed by atoms with van der Waals surface area (Å²) in [6.45, 7) is 3.51. The molecular formula is C18H22FN3O3. The van der Waals surface area contributed by atoms with Crippen LogP contribution in [0.4, 0.5) is 4.39 Å². The van der Waals surface area contributed by atoms with Gasteiger partial charge in [-0.1, -0.05) is 19.1 Å². The zero-order valence-electron chi connectivity index (χ0n) is 14.3. The van der Waals surface area contributed by atoms with Crippen molar-refractivity contribution in [3.8, 4) is 0 Å². The molecule has 3 rings (SSSR count). The van der Waals surface area contributed by atoms with Crippen molar-refractivity contribution in [3.05, 3.63) is 48.3 Å². The fraction of sp³-hybridized carbons (Fsp3) is 0.500. The van der Waals surface area contributed by atoms with Gasteiger partial charge in [0.15, 0.2) is 0 Å². The summed E-state index contributed by atoms with van der Waals surface area (Å²) in [6, 6.07) is 6.10. The van der Waals surface area contributed by atoms with Crippen LogP contribution in [0.1, 0.15) is 32.3 Å². The molecular weight excluding hydrogens is 325 g/mol. The molecule has 0 amide bonds. The van der Waals surface area contributed by atoms with Crippen molar-refractivity contribution >= 4 is 5.97 Å². The van der Waals surface area contributed by atoms with Crippen LogP contribution in [0.5, 0.6) is 0 Å². The summed E-state index contributed by atoms with van der Waals surface area (Å²) >= 11 is 0. The number of nitrogens with zero attached hydrogens (tertiary/aromatic N) is 3. The van der Waals surface area contributed by atoms with E-state index >= 15 is 0 Å². The zero-order chi connectivity index (χ0) is 18.3. The summed E-state index contributed by atoms with van der Waals surface area (Å²) in [5.41, 5.74) is -2.69. The van der Waals surface area contributed by atoms with Gasteiger partial charge in [0.05, 0.1) is 12.0 Å².